The molecule has 10 heteroatoms. The number of hydrogen-bond donors (Lipinski definition) is 0. The van der Waals surface area contributed by atoms with Crippen LogP contribution in [0.25, 0.3) is 11.1 Å². The molecule has 0 aliphatic carbocycles. The van der Waals surface area contributed by atoms with E-state index in [9.17, 15) is 13.2 Å². The SMILES string of the molecule is COC(=O)c1scc(-c2ccc(C)cc2)c1S(=O)(=O)N1CCN(c2ncccn2)CC1. The van der Waals surface area contributed by atoms with Gasteiger partial charge in [0.1, 0.15) is 9.77 Å². The number of anilines is 1. The van der Waals surface area contributed by atoms with E-state index in [4.69, 9.17) is 4.74 Å². The van der Waals surface area contributed by atoms with Gasteiger partial charge in [-0.2, -0.15) is 4.31 Å². The molecule has 1 fully saturated rings. The lowest BCUT2D eigenvalue weighted by atomic mass is 10.1. The number of nitrogens with zero attached hydrogens (tertiary/aromatic N) is 4. The van der Waals surface area contributed by atoms with Crippen LogP contribution >= 0.6 is 11.3 Å². The third-order valence-electron chi connectivity index (χ3n) is 5.15. The topological polar surface area (TPSA) is 92.7 Å². The van der Waals surface area contributed by atoms with E-state index in [1.54, 1.807) is 23.8 Å². The summed E-state index contributed by atoms with van der Waals surface area (Å²) in [6, 6.07) is 9.30. The van der Waals surface area contributed by atoms with Crippen LogP contribution in [0.3, 0.4) is 0 Å². The van der Waals surface area contributed by atoms with E-state index in [2.05, 4.69) is 9.97 Å². The normalized spacial score (nSPS) is 15.1. The minimum Gasteiger partial charge on any atom is -0.465 e. The molecule has 1 aliphatic rings. The van der Waals surface area contributed by atoms with Crippen LogP contribution in [0, 0.1) is 6.92 Å². The van der Waals surface area contributed by atoms with Crippen molar-refractivity contribution >= 4 is 33.3 Å². The van der Waals surface area contributed by atoms with Crippen molar-refractivity contribution in [2.24, 2.45) is 0 Å². The molecule has 162 valence electrons. The molecule has 3 aromatic rings. The second-order valence-corrected chi connectivity index (χ2v) is 9.86. The number of aryl methyl sites for hydroxylation is 1. The van der Waals surface area contributed by atoms with Gasteiger partial charge in [-0.05, 0) is 18.6 Å². The summed E-state index contributed by atoms with van der Waals surface area (Å²) in [5.41, 5.74) is 2.32. The van der Waals surface area contributed by atoms with Gasteiger partial charge in [0.15, 0.2) is 0 Å². The predicted molar refractivity (Wildman–Crippen MR) is 119 cm³/mol. The van der Waals surface area contributed by atoms with E-state index < -0.39 is 16.0 Å². The third-order valence-corrected chi connectivity index (χ3v) is 8.22. The zero-order chi connectivity index (χ0) is 22.0. The summed E-state index contributed by atoms with van der Waals surface area (Å²) in [5.74, 6) is -0.0797. The molecule has 4 rings (SSSR count). The Kier molecular flexibility index (Phi) is 6.03. The van der Waals surface area contributed by atoms with Crippen molar-refractivity contribution in [3.8, 4) is 11.1 Å². The fraction of sp³-hybridized carbons (Fsp3) is 0.286. The Bertz CT molecular complexity index is 1170. The maximum absolute atomic E-state index is 13.7. The van der Waals surface area contributed by atoms with Gasteiger partial charge in [-0.15, -0.1) is 11.3 Å². The fourth-order valence-electron chi connectivity index (χ4n) is 3.48. The number of sulfonamides is 1. The second kappa shape index (κ2) is 8.74. The molecule has 0 spiro atoms. The standard InChI is InChI=1S/C21H22N4O4S2/c1-15-4-6-16(7-5-15)17-14-30-18(20(26)29-2)19(17)31(27,28)25-12-10-24(11-13-25)21-22-8-3-9-23-21/h3-9,14H,10-13H2,1-2H3. The molecule has 0 bridgehead atoms. The maximum atomic E-state index is 13.7. The number of carbonyl (C=O) groups is 1. The highest BCUT2D eigenvalue weighted by atomic mass is 32.2. The molecule has 0 N–H and O–H groups in total. The van der Waals surface area contributed by atoms with Crippen LogP contribution in [0.1, 0.15) is 15.2 Å². The molecule has 1 saturated heterocycles. The van der Waals surface area contributed by atoms with Gasteiger partial charge < -0.3 is 9.64 Å². The van der Waals surface area contributed by atoms with E-state index in [-0.39, 0.29) is 22.9 Å². The molecular formula is C21H22N4O4S2. The molecule has 31 heavy (non-hydrogen) atoms. The molecule has 0 unspecified atom stereocenters. The van der Waals surface area contributed by atoms with E-state index >= 15 is 0 Å². The van der Waals surface area contributed by atoms with Gasteiger partial charge in [-0.3, -0.25) is 0 Å². The van der Waals surface area contributed by atoms with Crippen molar-refractivity contribution in [2.45, 2.75) is 11.8 Å². The molecule has 2 aromatic heterocycles. The second-order valence-electron chi connectivity index (χ2n) is 7.11. The number of rotatable bonds is 5. The number of carbonyl (C=O) groups excluding carboxylic acids is 1. The van der Waals surface area contributed by atoms with Crippen molar-refractivity contribution in [2.75, 3.05) is 38.2 Å². The van der Waals surface area contributed by atoms with E-state index in [0.717, 1.165) is 22.5 Å². The Morgan fingerprint density at radius 2 is 1.71 bits per heavy atom. The van der Waals surface area contributed by atoms with E-state index in [1.165, 1.54) is 11.4 Å². The van der Waals surface area contributed by atoms with Crippen molar-refractivity contribution in [3.63, 3.8) is 0 Å². The largest absolute Gasteiger partial charge is 0.465 e. The molecule has 8 nitrogen and oxygen atoms in total. The fourth-order valence-corrected chi connectivity index (χ4v) is 6.58. The Morgan fingerprint density at radius 1 is 1.06 bits per heavy atom. The molecule has 3 heterocycles. The van der Waals surface area contributed by atoms with Crippen LogP contribution in [0.2, 0.25) is 0 Å². The Balaban J connectivity index is 1.68. The lowest BCUT2D eigenvalue weighted by Gasteiger charge is -2.34. The van der Waals surface area contributed by atoms with Gasteiger partial charge in [0, 0.05) is 49.5 Å². The summed E-state index contributed by atoms with van der Waals surface area (Å²) in [4.78, 5) is 22.9. The van der Waals surface area contributed by atoms with Gasteiger partial charge >= 0.3 is 5.97 Å². The number of thiophene rings is 1. The average Bonchev–Trinajstić information content (AvgIpc) is 3.26. The number of ether oxygens (including phenoxy) is 1. The van der Waals surface area contributed by atoms with Crippen LogP contribution in [0.15, 0.2) is 53.0 Å². The smallest absolute Gasteiger partial charge is 0.349 e. The quantitative estimate of drug-likeness (QED) is 0.543. The van der Waals surface area contributed by atoms with Gasteiger partial charge in [-0.25, -0.2) is 23.2 Å². The first-order valence-corrected chi connectivity index (χ1v) is 12.0. The molecule has 0 amide bonds. The highest BCUT2D eigenvalue weighted by molar-refractivity contribution is 7.89. The van der Waals surface area contributed by atoms with Gasteiger partial charge in [0.25, 0.3) is 0 Å². The first kappa shape index (κ1) is 21.4. The minimum absolute atomic E-state index is 0.0117. The molecule has 0 radical (unpaired) electrons. The summed E-state index contributed by atoms with van der Waals surface area (Å²) < 4.78 is 33.6. The van der Waals surface area contributed by atoms with Gasteiger partial charge in [0.05, 0.1) is 7.11 Å². The van der Waals surface area contributed by atoms with Crippen molar-refractivity contribution in [3.05, 3.63) is 58.5 Å². The summed E-state index contributed by atoms with van der Waals surface area (Å²) in [5, 5.41) is 1.71. The van der Waals surface area contributed by atoms with E-state index in [0.29, 0.717) is 24.6 Å². The Labute approximate surface area is 185 Å². The lowest BCUT2D eigenvalue weighted by molar-refractivity contribution is 0.0602. The zero-order valence-corrected chi connectivity index (χ0v) is 18.8. The van der Waals surface area contributed by atoms with Crippen LogP contribution < -0.4 is 4.90 Å². The molecule has 0 atom stereocenters. The van der Waals surface area contributed by atoms with Crippen LogP contribution in [0.5, 0.6) is 0 Å². The van der Waals surface area contributed by atoms with E-state index in [1.807, 2.05) is 36.1 Å². The Morgan fingerprint density at radius 3 is 2.32 bits per heavy atom. The number of esters is 1. The van der Waals surface area contributed by atoms with Gasteiger partial charge in [-0.1, -0.05) is 29.8 Å². The first-order chi connectivity index (χ1) is 14.9. The first-order valence-electron chi connectivity index (χ1n) is 9.71. The number of aromatic nitrogens is 2. The number of methoxy groups -OCH3 is 1. The lowest BCUT2D eigenvalue weighted by Crippen LogP contribution is -2.49. The van der Waals surface area contributed by atoms with Crippen LogP contribution in [0.4, 0.5) is 5.95 Å². The minimum atomic E-state index is -3.92. The van der Waals surface area contributed by atoms with Crippen molar-refractivity contribution in [1.29, 1.82) is 0 Å². The number of hydrogen-bond acceptors (Lipinski definition) is 8. The predicted octanol–water partition coefficient (Wildman–Crippen LogP) is 2.81. The summed E-state index contributed by atoms with van der Waals surface area (Å²) >= 11 is 1.09. The zero-order valence-electron chi connectivity index (χ0n) is 17.2. The molecule has 0 saturated carbocycles. The Hall–Kier alpha value is -2.82. The third kappa shape index (κ3) is 4.18. The summed E-state index contributed by atoms with van der Waals surface area (Å²) in [6.07, 6.45) is 3.32. The monoisotopic (exact) mass is 458 g/mol. The van der Waals surface area contributed by atoms with Crippen LogP contribution in [-0.2, 0) is 14.8 Å². The number of piperazine rings is 1. The molecular weight excluding hydrogens is 436 g/mol. The van der Waals surface area contributed by atoms with Crippen molar-refractivity contribution < 1.29 is 17.9 Å². The molecule has 1 aliphatic heterocycles. The van der Waals surface area contributed by atoms with Crippen molar-refractivity contribution in [1.82, 2.24) is 14.3 Å². The van der Waals surface area contributed by atoms with Gasteiger partial charge in [0.2, 0.25) is 16.0 Å². The highest BCUT2D eigenvalue weighted by Crippen LogP contribution is 2.38. The maximum Gasteiger partial charge on any atom is 0.349 e. The average molecular weight is 459 g/mol. The summed E-state index contributed by atoms with van der Waals surface area (Å²) in [7, 11) is -2.67. The molecule has 1 aromatic carbocycles. The highest BCUT2D eigenvalue weighted by Gasteiger charge is 2.36. The summed E-state index contributed by atoms with van der Waals surface area (Å²) in [6.45, 7) is 3.42. The van der Waals surface area contributed by atoms with Crippen LogP contribution in [-0.4, -0.2) is 61.9 Å². The number of benzene rings is 1.